The van der Waals surface area contributed by atoms with Crippen LogP contribution in [0.25, 0.3) is 17.3 Å². The van der Waals surface area contributed by atoms with Crippen LogP contribution in [-0.2, 0) is 9.59 Å². The lowest BCUT2D eigenvalue weighted by Gasteiger charge is -2.13. The number of rotatable bonds is 10. The summed E-state index contributed by atoms with van der Waals surface area (Å²) in [6.07, 6.45) is 1.57. The molecule has 0 aliphatic heterocycles. The maximum absolute atomic E-state index is 13.4. The van der Waals surface area contributed by atoms with Crippen molar-refractivity contribution in [1.29, 1.82) is 0 Å². The standard InChI is InChI=1S/C34H25Cl3N4O3S2/c1-20(31(42)41-34-40-30(19-45-34)23-12-15-27(36)28(37)17-23)46-26-9-5-8-25(18-26)38-33(44)29(16-21-10-13-24(35)14-11-21)39-32(43)22-6-3-2-4-7-22/h2-20H,1H3,(H,38,44)(H,39,43)(H,40,41,42)/b29-16-. The lowest BCUT2D eigenvalue weighted by Crippen LogP contribution is -2.30. The number of thiazole rings is 1. The van der Waals surface area contributed by atoms with Gasteiger partial charge >= 0.3 is 0 Å². The number of carbonyl (C=O) groups excluding carboxylic acids is 3. The van der Waals surface area contributed by atoms with E-state index in [-0.39, 0.29) is 11.6 Å². The van der Waals surface area contributed by atoms with Gasteiger partial charge in [0.15, 0.2) is 5.13 Å². The van der Waals surface area contributed by atoms with Crippen LogP contribution < -0.4 is 16.0 Å². The van der Waals surface area contributed by atoms with Gasteiger partial charge in [0.2, 0.25) is 5.91 Å². The van der Waals surface area contributed by atoms with Crippen molar-refractivity contribution >= 4 is 92.5 Å². The molecule has 46 heavy (non-hydrogen) atoms. The van der Waals surface area contributed by atoms with E-state index in [1.165, 1.54) is 23.1 Å². The molecular formula is C34H25Cl3N4O3S2. The van der Waals surface area contributed by atoms with Gasteiger partial charge < -0.3 is 16.0 Å². The highest BCUT2D eigenvalue weighted by Gasteiger charge is 2.19. The molecule has 5 rings (SSSR count). The molecule has 1 atom stereocenters. The predicted octanol–water partition coefficient (Wildman–Crippen LogP) is 9.30. The maximum atomic E-state index is 13.4. The largest absolute Gasteiger partial charge is 0.321 e. The predicted molar refractivity (Wildman–Crippen MR) is 190 cm³/mol. The SMILES string of the molecule is CC(Sc1cccc(NC(=O)/C(=C/c2ccc(Cl)cc2)NC(=O)c2ccccc2)c1)C(=O)Nc1nc(-c2ccc(Cl)c(Cl)c2)cs1. The minimum absolute atomic E-state index is 0.0469. The summed E-state index contributed by atoms with van der Waals surface area (Å²) in [4.78, 5) is 44.6. The van der Waals surface area contributed by atoms with Crippen LogP contribution in [-0.4, -0.2) is 28.0 Å². The van der Waals surface area contributed by atoms with Crippen molar-refractivity contribution in [2.24, 2.45) is 0 Å². The van der Waals surface area contributed by atoms with E-state index >= 15 is 0 Å². The minimum atomic E-state index is -0.520. The van der Waals surface area contributed by atoms with Gasteiger partial charge in [-0.3, -0.25) is 14.4 Å². The van der Waals surface area contributed by atoms with Crippen molar-refractivity contribution in [3.63, 3.8) is 0 Å². The summed E-state index contributed by atoms with van der Waals surface area (Å²) in [6, 6.07) is 27.8. The van der Waals surface area contributed by atoms with Gasteiger partial charge in [-0.1, -0.05) is 77.3 Å². The van der Waals surface area contributed by atoms with E-state index in [0.29, 0.717) is 42.7 Å². The Morgan fingerprint density at radius 2 is 1.61 bits per heavy atom. The van der Waals surface area contributed by atoms with Gasteiger partial charge in [0.05, 0.1) is 21.0 Å². The number of anilines is 2. The Morgan fingerprint density at radius 3 is 2.35 bits per heavy atom. The summed E-state index contributed by atoms with van der Waals surface area (Å²) in [7, 11) is 0. The van der Waals surface area contributed by atoms with Crippen molar-refractivity contribution in [3.05, 3.63) is 134 Å². The lowest BCUT2D eigenvalue weighted by molar-refractivity contribution is -0.115. The van der Waals surface area contributed by atoms with Crippen LogP contribution in [0.15, 0.2) is 113 Å². The number of carbonyl (C=O) groups is 3. The van der Waals surface area contributed by atoms with Gasteiger partial charge in [0.25, 0.3) is 11.8 Å². The minimum Gasteiger partial charge on any atom is -0.321 e. The van der Waals surface area contributed by atoms with Crippen molar-refractivity contribution < 1.29 is 14.4 Å². The second-order valence-corrected chi connectivity index (χ2v) is 13.4. The lowest BCUT2D eigenvalue weighted by atomic mass is 10.1. The molecule has 5 aromatic rings. The molecule has 0 aliphatic rings. The van der Waals surface area contributed by atoms with E-state index in [9.17, 15) is 14.4 Å². The first-order valence-corrected chi connectivity index (χ1v) is 16.7. The highest BCUT2D eigenvalue weighted by molar-refractivity contribution is 8.00. The number of hydrogen-bond acceptors (Lipinski definition) is 6. The first-order chi connectivity index (χ1) is 22.1. The molecule has 7 nitrogen and oxygen atoms in total. The van der Waals surface area contributed by atoms with Crippen molar-refractivity contribution in [1.82, 2.24) is 10.3 Å². The third-order valence-corrected chi connectivity index (χ3v) is 9.28. The molecule has 0 radical (unpaired) electrons. The molecule has 232 valence electrons. The normalized spacial score (nSPS) is 11.9. The second kappa shape index (κ2) is 15.4. The molecule has 1 aromatic heterocycles. The fraction of sp³-hybridized carbons (Fsp3) is 0.0588. The van der Waals surface area contributed by atoms with Crippen LogP contribution in [0, 0.1) is 0 Å². The number of aromatic nitrogens is 1. The number of hydrogen-bond donors (Lipinski definition) is 3. The first kappa shape index (κ1) is 33.2. The van der Waals surface area contributed by atoms with Crippen molar-refractivity contribution in [2.45, 2.75) is 17.1 Å². The van der Waals surface area contributed by atoms with Gasteiger partial charge in [0, 0.05) is 32.1 Å². The fourth-order valence-corrected chi connectivity index (χ4v) is 6.17. The van der Waals surface area contributed by atoms with Crippen LogP contribution in [0.4, 0.5) is 10.8 Å². The van der Waals surface area contributed by atoms with Crippen LogP contribution >= 0.6 is 57.9 Å². The Morgan fingerprint density at radius 1 is 0.848 bits per heavy atom. The summed E-state index contributed by atoms with van der Waals surface area (Å²) < 4.78 is 0. The Bertz CT molecular complexity index is 1910. The zero-order valence-corrected chi connectivity index (χ0v) is 28.0. The quantitative estimate of drug-likeness (QED) is 0.0993. The van der Waals surface area contributed by atoms with Crippen LogP contribution in [0.5, 0.6) is 0 Å². The van der Waals surface area contributed by atoms with Crippen LogP contribution in [0.2, 0.25) is 15.1 Å². The topological polar surface area (TPSA) is 100 Å². The van der Waals surface area contributed by atoms with Crippen molar-refractivity contribution in [2.75, 3.05) is 10.6 Å². The van der Waals surface area contributed by atoms with Gasteiger partial charge in [0.1, 0.15) is 5.70 Å². The van der Waals surface area contributed by atoms with Gasteiger partial charge in [-0.05, 0) is 73.2 Å². The van der Waals surface area contributed by atoms with E-state index < -0.39 is 17.1 Å². The number of benzene rings is 4. The van der Waals surface area contributed by atoms with Gasteiger partial charge in [-0.15, -0.1) is 23.1 Å². The van der Waals surface area contributed by atoms with E-state index in [0.717, 1.165) is 10.5 Å². The average Bonchev–Trinajstić information content (AvgIpc) is 3.52. The first-order valence-electron chi connectivity index (χ1n) is 13.8. The zero-order chi connectivity index (χ0) is 32.6. The second-order valence-electron chi connectivity index (χ2n) is 9.83. The molecule has 0 saturated carbocycles. The number of nitrogens with one attached hydrogen (secondary N) is 3. The molecule has 12 heteroatoms. The molecule has 1 unspecified atom stereocenters. The fourth-order valence-electron chi connectivity index (χ4n) is 4.10. The summed E-state index contributed by atoms with van der Waals surface area (Å²) >= 11 is 20.8. The Labute approximate surface area is 289 Å². The number of halogens is 3. The van der Waals surface area contributed by atoms with Gasteiger partial charge in [-0.25, -0.2) is 4.98 Å². The van der Waals surface area contributed by atoms with E-state index in [1.807, 2.05) is 17.5 Å². The highest BCUT2D eigenvalue weighted by atomic mass is 35.5. The highest BCUT2D eigenvalue weighted by Crippen LogP contribution is 2.31. The molecule has 4 aromatic carbocycles. The third kappa shape index (κ3) is 8.99. The van der Waals surface area contributed by atoms with E-state index in [4.69, 9.17) is 34.8 Å². The monoisotopic (exact) mass is 706 g/mol. The smallest absolute Gasteiger partial charge is 0.272 e. The number of amides is 3. The molecule has 0 saturated heterocycles. The summed E-state index contributed by atoms with van der Waals surface area (Å²) in [5, 5.41) is 11.7. The molecule has 3 amide bonds. The van der Waals surface area contributed by atoms with Crippen LogP contribution in [0.1, 0.15) is 22.8 Å². The zero-order valence-electron chi connectivity index (χ0n) is 24.1. The summed E-state index contributed by atoms with van der Waals surface area (Å²) in [5.74, 6) is -1.18. The number of thioether (sulfide) groups is 1. The van der Waals surface area contributed by atoms with Crippen LogP contribution in [0.3, 0.4) is 0 Å². The molecule has 0 fully saturated rings. The molecule has 1 heterocycles. The van der Waals surface area contributed by atoms with Gasteiger partial charge in [-0.2, -0.15) is 0 Å². The van der Waals surface area contributed by atoms with Crippen molar-refractivity contribution in [3.8, 4) is 11.3 Å². The molecule has 0 spiro atoms. The van der Waals surface area contributed by atoms with E-state index in [2.05, 4.69) is 20.9 Å². The summed E-state index contributed by atoms with van der Waals surface area (Å²) in [6.45, 7) is 1.78. The van der Waals surface area contributed by atoms with E-state index in [1.54, 1.807) is 97.9 Å². The Kier molecular flexibility index (Phi) is 11.2. The molecular weight excluding hydrogens is 683 g/mol. The Balaban J connectivity index is 1.25. The Hall–Kier alpha value is -4.12. The molecule has 0 aliphatic carbocycles. The third-order valence-electron chi connectivity index (χ3n) is 6.43. The molecule has 0 bridgehead atoms. The maximum Gasteiger partial charge on any atom is 0.272 e. The average molecular weight is 708 g/mol. The molecule has 3 N–H and O–H groups in total. The number of nitrogens with zero attached hydrogens (tertiary/aromatic N) is 1. The summed E-state index contributed by atoms with van der Waals surface area (Å²) in [5.41, 5.74) is 3.09.